The molecule has 2 aromatic rings. The fraction of sp³-hybridized carbons (Fsp3) is 0.583. The third-order valence-corrected chi connectivity index (χ3v) is 5.27. The fourth-order valence-electron chi connectivity index (χ4n) is 2.42. The molecule has 1 fully saturated rings. The normalized spacial score (nSPS) is 20.8. The second-order valence-electron chi connectivity index (χ2n) is 4.59. The quantitative estimate of drug-likeness (QED) is 0.934. The summed E-state index contributed by atoms with van der Waals surface area (Å²) in [6.07, 6.45) is 2.12. The Kier molecular flexibility index (Phi) is 3.50. The summed E-state index contributed by atoms with van der Waals surface area (Å²) in [6, 6.07) is 0.573. The Bertz CT molecular complexity index is 533. The van der Waals surface area contributed by atoms with Crippen LogP contribution in [0.25, 0.3) is 4.96 Å². The Labute approximate surface area is 115 Å². The molecule has 1 atom stereocenters. The van der Waals surface area contributed by atoms with Gasteiger partial charge in [0.15, 0.2) is 10.8 Å². The van der Waals surface area contributed by atoms with Crippen molar-refractivity contribution in [2.45, 2.75) is 19.5 Å². The summed E-state index contributed by atoms with van der Waals surface area (Å²) in [5.74, 6) is 3.57. The minimum atomic E-state index is 0.573. The van der Waals surface area contributed by atoms with Crippen LogP contribution in [0.2, 0.25) is 0 Å². The molecule has 0 radical (unpaired) electrons. The Morgan fingerprint density at radius 2 is 2.44 bits per heavy atom. The van der Waals surface area contributed by atoms with Crippen LogP contribution in [0.4, 0.5) is 5.82 Å². The third kappa shape index (κ3) is 2.02. The average molecular weight is 282 g/mol. The first-order valence-electron chi connectivity index (χ1n) is 6.24. The van der Waals surface area contributed by atoms with Crippen LogP contribution in [0.3, 0.4) is 0 Å². The lowest BCUT2D eigenvalue weighted by atomic mass is 10.3. The number of thioether (sulfide) groups is 1. The maximum absolute atomic E-state index is 4.82. The second-order valence-corrected chi connectivity index (χ2v) is 6.61. The predicted octanol–water partition coefficient (Wildman–Crippen LogP) is 2.06. The Balaban J connectivity index is 2.03. The molecular formula is C12H18N4S2. The zero-order valence-corrected chi connectivity index (χ0v) is 12.4. The highest BCUT2D eigenvalue weighted by molar-refractivity contribution is 7.99. The monoisotopic (exact) mass is 282 g/mol. The Morgan fingerprint density at radius 3 is 3.22 bits per heavy atom. The third-order valence-electron chi connectivity index (χ3n) is 3.32. The number of nitrogens with zero attached hydrogens (tertiary/aromatic N) is 3. The molecule has 1 aliphatic rings. The minimum absolute atomic E-state index is 0.573. The SMILES string of the molecule is CNCc1c(N2CCSCC2C)nc2sccn12. The van der Waals surface area contributed by atoms with Gasteiger partial charge in [-0.3, -0.25) is 4.40 Å². The Morgan fingerprint density at radius 1 is 1.56 bits per heavy atom. The van der Waals surface area contributed by atoms with Crippen molar-refractivity contribution in [3.63, 3.8) is 0 Å². The van der Waals surface area contributed by atoms with E-state index in [1.165, 1.54) is 23.0 Å². The van der Waals surface area contributed by atoms with E-state index < -0.39 is 0 Å². The Hall–Kier alpha value is -0.720. The van der Waals surface area contributed by atoms with E-state index in [0.717, 1.165) is 18.1 Å². The summed E-state index contributed by atoms with van der Waals surface area (Å²) in [5, 5.41) is 5.36. The summed E-state index contributed by atoms with van der Waals surface area (Å²) < 4.78 is 2.21. The second kappa shape index (κ2) is 5.11. The largest absolute Gasteiger partial charge is 0.351 e. The molecule has 2 aromatic heterocycles. The summed E-state index contributed by atoms with van der Waals surface area (Å²) in [5.41, 5.74) is 1.28. The number of rotatable bonds is 3. The van der Waals surface area contributed by atoms with Gasteiger partial charge in [0, 0.05) is 42.2 Å². The highest BCUT2D eigenvalue weighted by Gasteiger charge is 2.25. The highest BCUT2D eigenvalue weighted by Crippen LogP contribution is 2.29. The van der Waals surface area contributed by atoms with Crippen LogP contribution in [0, 0.1) is 0 Å². The molecular weight excluding hydrogens is 264 g/mol. The first kappa shape index (κ1) is 12.3. The molecule has 3 rings (SSSR count). The molecule has 1 N–H and O–H groups in total. The van der Waals surface area contributed by atoms with Crippen molar-refractivity contribution < 1.29 is 0 Å². The molecule has 1 aliphatic heterocycles. The van der Waals surface area contributed by atoms with Gasteiger partial charge in [0.2, 0.25) is 0 Å². The van der Waals surface area contributed by atoms with Gasteiger partial charge in [-0.15, -0.1) is 11.3 Å². The van der Waals surface area contributed by atoms with Gasteiger partial charge in [-0.1, -0.05) is 0 Å². The van der Waals surface area contributed by atoms with Crippen molar-refractivity contribution in [2.75, 3.05) is 30.0 Å². The first-order valence-corrected chi connectivity index (χ1v) is 8.28. The van der Waals surface area contributed by atoms with Crippen LogP contribution in [-0.2, 0) is 6.54 Å². The van der Waals surface area contributed by atoms with Gasteiger partial charge in [-0.2, -0.15) is 11.8 Å². The number of anilines is 1. The lowest BCUT2D eigenvalue weighted by molar-refractivity contribution is 0.679. The van der Waals surface area contributed by atoms with Gasteiger partial charge in [0.05, 0.1) is 5.69 Å². The van der Waals surface area contributed by atoms with Gasteiger partial charge in [-0.05, 0) is 14.0 Å². The molecule has 0 bridgehead atoms. The van der Waals surface area contributed by atoms with E-state index in [9.17, 15) is 0 Å². The summed E-state index contributed by atoms with van der Waals surface area (Å²) in [7, 11) is 1.99. The summed E-state index contributed by atoms with van der Waals surface area (Å²) in [4.78, 5) is 8.38. The van der Waals surface area contributed by atoms with Crippen molar-refractivity contribution in [3.05, 3.63) is 17.3 Å². The molecule has 1 saturated heterocycles. The molecule has 3 heterocycles. The first-order chi connectivity index (χ1) is 8.81. The molecule has 0 saturated carbocycles. The van der Waals surface area contributed by atoms with Crippen molar-refractivity contribution in [3.8, 4) is 0 Å². The van der Waals surface area contributed by atoms with E-state index >= 15 is 0 Å². The van der Waals surface area contributed by atoms with Crippen LogP contribution in [0.1, 0.15) is 12.6 Å². The smallest absolute Gasteiger partial charge is 0.195 e. The molecule has 18 heavy (non-hydrogen) atoms. The molecule has 0 amide bonds. The van der Waals surface area contributed by atoms with Crippen LogP contribution >= 0.6 is 23.1 Å². The van der Waals surface area contributed by atoms with Crippen molar-refractivity contribution in [1.29, 1.82) is 0 Å². The summed E-state index contributed by atoms with van der Waals surface area (Å²) in [6.45, 7) is 4.26. The zero-order chi connectivity index (χ0) is 12.5. The van der Waals surface area contributed by atoms with Crippen LogP contribution in [0.15, 0.2) is 11.6 Å². The topological polar surface area (TPSA) is 32.6 Å². The van der Waals surface area contributed by atoms with Gasteiger partial charge >= 0.3 is 0 Å². The van der Waals surface area contributed by atoms with Crippen molar-refractivity contribution in [1.82, 2.24) is 14.7 Å². The standard InChI is InChI=1S/C12H18N4S2/c1-9-8-17-5-3-15(9)11-10(7-13-2)16-4-6-18-12(16)14-11/h4,6,9,13H,3,5,7-8H2,1-2H3. The molecule has 0 aromatic carbocycles. The minimum Gasteiger partial charge on any atom is -0.351 e. The van der Waals surface area contributed by atoms with E-state index in [2.05, 4.69) is 33.1 Å². The van der Waals surface area contributed by atoms with E-state index in [-0.39, 0.29) is 0 Å². The number of hydrogen-bond donors (Lipinski definition) is 1. The van der Waals surface area contributed by atoms with Crippen LogP contribution < -0.4 is 10.2 Å². The van der Waals surface area contributed by atoms with E-state index in [1.54, 1.807) is 11.3 Å². The lowest BCUT2D eigenvalue weighted by Gasteiger charge is -2.34. The average Bonchev–Trinajstić information content (AvgIpc) is 2.93. The van der Waals surface area contributed by atoms with Gasteiger partial charge < -0.3 is 10.2 Å². The number of fused-ring (bicyclic) bond motifs is 1. The molecule has 0 spiro atoms. The van der Waals surface area contributed by atoms with Gasteiger partial charge in [0.25, 0.3) is 0 Å². The number of thiazole rings is 1. The number of hydrogen-bond acceptors (Lipinski definition) is 5. The van der Waals surface area contributed by atoms with Crippen molar-refractivity contribution >= 4 is 33.9 Å². The van der Waals surface area contributed by atoms with Crippen LogP contribution in [-0.4, -0.2) is 40.5 Å². The number of nitrogens with one attached hydrogen (secondary N) is 1. The fourth-order valence-corrected chi connectivity index (χ4v) is 4.17. The van der Waals surface area contributed by atoms with Gasteiger partial charge in [0.1, 0.15) is 0 Å². The zero-order valence-electron chi connectivity index (χ0n) is 10.7. The molecule has 6 heteroatoms. The van der Waals surface area contributed by atoms with E-state index in [0.29, 0.717) is 6.04 Å². The maximum atomic E-state index is 4.82. The van der Waals surface area contributed by atoms with E-state index in [4.69, 9.17) is 4.98 Å². The lowest BCUT2D eigenvalue weighted by Crippen LogP contribution is -2.41. The van der Waals surface area contributed by atoms with Gasteiger partial charge in [-0.25, -0.2) is 4.98 Å². The highest BCUT2D eigenvalue weighted by atomic mass is 32.2. The molecule has 1 unspecified atom stereocenters. The maximum Gasteiger partial charge on any atom is 0.195 e. The number of aromatic nitrogens is 2. The summed E-state index contributed by atoms with van der Waals surface area (Å²) >= 11 is 3.75. The van der Waals surface area contributed by atoms with E-state index in [1.807, 2.05) is 18.8 Å². The molecule has 0 aliphatic carbocycles. The predicted molar refractivity (Wildman–Crippen MR) is 80.0 cm³/mol. The molecule has 4 nitrogen and oxygen atoms in total. The molecule has 98 valence electrons. The van der Waals surface area contributed by atoms with Crippen LogP contribution in [0.5, 0.6) is 0 Å². The van der Waals surface area contributed by atoms with Crippen molar-refractivity contribution in [2.24, 2.45) is 0 Å². The number of imidazole rings is 1.